The summed E-state index contributed by atoms with van der Waals surface area (Å²) in [7, 11) is 0. The summed E-state index contributed by atoms with van der Waals surface area (Å²) in [6, 6.07) is 12.1. The van der Waals surface area contributed by atoms with E-state index in [0.717, 1.165) is 17.5 Å². The first kappa shape index (κ1) is 23.6. The molecular formula is C26H26ClNO4. The summed E-state index contributed by atoms with van der Waals surface area (Å²) >= 11 is 6.28. The highest BCUT2D eigenvalue weighted by molar-refractivity contribution is 6.50. The van der Waals surface area contributed by atoms with Crippen molar-refractivity contribution in [2.24, 2.45) is 5.92 Å². The third-order valence-corrected chi connectivity index (χ3v) is 6.38. The van der Waals surface area contributed by atoms with E-state index in [4.69, 9.17) is 11.6 Å². The van der Waals surface area contributed by atoms with Crippen LogP contribution in [-0.4, -0.2) is 23.3 Å². The smallest absolute Gasteiger partial charge is 0.239 e. The molecule has 166 valence electrons. The van der Waals surface area contributed by atoms with E-state index in [-0.39, 0.29) is 27.7 Å². The van der Waals surface area contributed by atoms with Crippen LogP contribution in [0.15, 0.2) is 53.1 Å². The van der Waals surface area contributed by atoms with E-state index < -0.39 is 29.2 Å². The van der Waals surface area contributed by atoms with Crippen LogP contribution >= 0.6 is 11.6 Å². The number of halogens is 1. The van der Waals surface area contributed by atoms with Crippen molar-refractivity contribution in [2.45, 2.75) is 46.5 Å². The summed E-state index contributed by atoms with van der Waals surface area (Å²) in [4.78, 5) is 52.0. The van der Waals surface area contributed by atoms with Crippen LogP contribution in [0.2, 0.25) is 0 Å². The molecule has 6 heteroatoms. The van der Waals surface area contributed by atoms with Crippen LogP contribution in [0.5, 0.6) is 0 Å². The molecule has 1 aliphatic carbocycles. The summed E-state index contributed by atoms with van der Waals surface area (Å²) in [6.45, 7) is 7.32. The van der Waals surface area contributed by atoms with Gasteiger partial charge in [-0.1, -0.05) is 74.8 Å². The number of amides is 1. The zero-order chi connectivity index (χ0) is 23.6. The Kier molecular flexibility index (Phi) is 7.09. The van der Waals surface area contributed by atoms with Crippen LogP contribution in [0, 0.1) is 5.92 Å². The molecule has 0 unspecified atom stereocenters. The molecule has 0 aromatic heterocycles. The van der Waals surface area contributed by atoms with Crippen molar-refractivity contribution in [1.29, 1.82) is 0 Å². The Labute approximate surface area is 192 Å². The van der Waals surface area contributed by atoms with Crippen LogP contribution in [-0.2, 0) is 16.0 Å². The predicted molar refractivity (Wildman–Crippen MR) is 125 cm³/mol. The fraction of sp³-hybridized carbons (Fsp3) is 0.308. The average Bonchev–Trinajstić information content (AvgIpc) is 2.79. The minimum atomic E-state index is -1.48. The van der Waals surface area contributed by atoms with Crippen LogP contribution < -0.4 is 5.32 Å². The number of allylic oxidation sites excluding steroid dienone is 1. The molecule has 0 radical (unpaired) electrons. The number of hydrogen-bond acceptors (Lipinski definition) is 4. The predicted octanol–water partition coefficient (Wildman–Crippen LogP) is 5.48. The first-order chi connectivity index (χ1) is 15.2. The maximum absolute atomic E-state index is 13.4. The quantitative estimate of drug-likeness (QED) is 0.565. The lowest BCUT2D eigenvalue weighted by molar-refractivity contribution is -0.128. The van der Waals surface area contributed by atoms with E-state index in [1.165, 1.54) is 19.1 Å². The molecule has 3 rings (SSSR count). The fourth-order valence-electron chi connectivity index (χ4n) is 4.03. The molecule has 1 aliphatic rings. The number of aryl methyl sites for hydroxylation is 1. The molecule has 0 bridgehead atoms. The summed E-state index contributed by atoms with van der Waals surface area (Å²) < 4.78 is 0. The number of carbonyl (C=O) groups is 4. The number of para-hydroxylation sites is 1. The maximum Gasteiger partial charge on any atom is 0.239 e. The van der Waals surface area contributed by atoms with Gasteiger partial charge in [-0.3, -0.25) is 19.2 Å². The van der Waals surface area contributed by atoms with E-state index in [1.54, 1.807) is 12.1 Å². The van der Waals surface area contributed by atoms with Gasteiger partial charge in [0.25, 0.3) is 0 Å². The number of hydrogen-bond donors (Lipinski definition) is 1. The lowest BCUT2D eigenvalue weighted by atomic mass is 9.81. The van der Waals surface area contributed by atoms with Crippen molar-refractivity contribution in [3.8, 4) is 0 Å². The molecule has 1 amide bonds. The second-order valence-electron chi connectivity index (χ2n) is 8.01. The van der Waals surface area contributed by atoms with Crippen molar-refractivity contribution in [3.63, 3.8) is 0 Å². The molecule has 2 aromatic rings. The molecule has 5 nitrogen and oxygen atoms in total. The Morgan fingerprint density at radius 1 is 0.969 bits per heavy atom. The Hall–Kier alpha value is -3.05. The molecule has 0 heterocycles. The minimum Gasteiger partial charge on any atom is -0.325 e. The number of rotatable bonds is 7. The van der Waals surface area contributed by atoms with Gasteiger partial charge >= 0.3 is 0 Å². The SMILES string of the molecule is CCc1cccc([C@@H](C)CC)c1NC(=O)[C@@H](C(C)=O)C1=C(Cl)C(=O)c2ccccc2C1=O. The standard InChI is InChI=1S/C26H26ClNO4/c1-5-14(3)17-13-9-10-16(6-2)23(17)28-26(32)20(15(4)29)21-22(27)25(31)19-12-8-7-11-18(19)24(21)30/h7-14,20H,5-6H2,1-4H3,(H,28,32)/t14-,20-/m0/s1. The number of carbonyl (C=O) groups excluding carboxylic acids is 4. The molecule has 32 heavy (non-hydrogen) atoms. The van der Waals surface area contributed by atoms with Gasteiger partial charge in [0, 0.05) is 22.4 Å². The Bertz CT molecular complexity index is 1150. The summed E-state index contributed by atoms with van der Waals surface area (Å²) in [5.74, 6) is -3.68. The number of nitrogens with one attached hydrogen (secondary N) is 1. The Morgan fingerprint density at radius 3 is 2.16 bits per heavy atom. The number of fused-ring (bicyclic) bond motifs is 1. The molecule has 0 spiro atoms. The maximum atomic E-state index is 13.4. The number of Topliss-reactive ketones (excluding diaryl/α,β-unsaturated/α-hetero) is 3. The Morgan fingerprint density at radius 2 is 1.59 bits per heavy atom. The minimum absolute atomic E-state index is 0.144. The van der Waals surface area contributed by atoms with Crippen LogP contribution in [0.4, 0.5) is 5.69 Å². The fourth-order valence-corrected chi connectivity index (χ4v) is 4.33. The van der Waals surface area contributed by atoms with Gasteiger partial charge in [-0.05, 0) is 36.8 Å². The molecular weight excluding hydrogens is 426 g/mol. The normalized spacial score (nSPS) is 15.3. The largest absolute Gasteiger partial charge is 0.325 e. The van der Waals surface area contributed by atoms with Crippen LogP contribution in [0.25, 0.3) is 0 Å². The molecule has 0 aliphatic heterocycles. The monoisotopic (exact) mass is 451 g/mol. The van der Waals surface area contributed by atoms with Gasteiger partial charge in [0.15, 0.2) is 5.78 Å². The third kappa shape index (κ3) is 4.17. The summed E-state index contributed by atoms with van der Waals surface area (Å²) in [5, 5.41) is 2.51. The molecule has 0 fully saturated rings. The first-order valence-electron chi connectivity index (χ1n) is 10.7. The van der Waals surface area contributed by atoms with Gasteiger partial charge in [-0.2, -0.15) is 0 Å². The molecule has 2 aromatic carbocycles. The topological polar surface area (TPSA) is 80.3 Å². The highest BCUT2D eigenvalue weighted by Crippen LogP contribution is 2.35. The molecule has 0 saturated heterocycles. The number of benzene rings is 2. The zero-order valence-corrected chi connectivity index (χ0v) is 19.4. The molecule has 1 N–H and O–H groups in total. The lowest BCUT2D eigenvalue weighted by Crippen LogP contribution is -2.36. The lowest BCUT2D eigenvalue weighted by Gasteiger charge is -2.24. The van der Waals surface area contributed by atoms with Crippen LogP contribution in [0.1, 0.15) is 71.9 Å². The van der Waals surface area contributed by atoms with E-state index in [1.807, 2.05) is 25.1 Å². The summed E-state index contributed by atoms with van der Waals surface area (Å²) in [6.07, 6.45) is 1.55. The highest BCUT2D eigenvalue weighted by atomic mass is 35.5. The third-order valence-electron chi connectivity index (χ3n) is 6.01. The zero-order valence-electron chi connectivity index (χ0n) is 18.6. The van der Waals surface area contributed by atoms with Gasteiger partial charge in [-0.15, -0.1) is 0 Å². The van der Waals surface area contributed by atoms with Crippen molar-refractivity contribution in [1.82, 2.24) is 0 Å². The van der Waals surface area contributed by atoms with Crippen molar-refractivity contribution in [2.75, 3.05) is 5.32 Å². The van der Waals surface area contributed by atoms with E-state index in [0.29, 0.717) is 12.1 Å². The van der Waals surface area contributed by atoms with Gasteiger partial charge in [0.1, 0.15) is 11.7 Å². The Balaban J connectivity index is 2.08. The van der Waals surface area contributed by atoms with Gasteiger partial charge in [-0.25, -0.2) is 0 Å². The van der Waals surface area contributed by atoms with E-state index in [2.05, 4.69) is 19.2 Å². The second-order valence-corrected chi connectivity index (χ2v) is 8.39. The van der Waals surface area contributed by atoms with Gasteiger partial charge in [0.2, 0.25) is 11.7 Å². The van der Waals surface area contributed by atoms with Crippen LogP contribution in [0.3, 0.4) is 0 Å². The van der Waals surface area contributed by atoms with Gasteiger partial charge in [0.05, 0.1) is 5.03 Å². The highest BCUT2D eigenvalue weighted by Gasteiger charge is 2.40. The van der Waals surface area contributed by atoms with Crippen molar-refractivity contribution in [3.05, 3.63) is 75.3 Å². The summed E-state index contributed by atoms with van der Waals surface area (Å²) in [5.41, 5.74) is 2.58. The second kappa shape index (κ2) is 9.61. The number of ketones is 3. The molecule has 2 atom stereocenters. The van der Waals surface area contributed by atoms with Crippen molar-refractivity contribution >= 4 is 40.5 Å². The van der Waals surface area contributed by atoms with Crippen molar-refractivity contribution < 1.29 is 19.2 Å². The average molecular weight is 452 g/mol. The van der Waals surface area contributed by atoms with Gasteiger partial charge < -0.3 is 5.32 Å². The first-order valence-corrected chi connectivity index (χ1v) is 11.1. The van der Waals surface area contributed by atoms with E-state index >= 15 is 0 Å². The van der Waals surface area contributed by atoms with E-state index in [9.17, 15) is 19.2 Å². The number of anilines is 1. The molecule has 0 saturated carbocycles.